The Balaban J connectivity index is 1.40. The van der Waals surface area contributed by atoms with Gasteiger partial charge in [0.05, 0.1) is 6.20 Å². The van der Waals surface area contributed by atoms with Crippen molar-refractivity contribution in [3.05, 3.63) is 76.1 Å². The van der Waals surface area contributed by atoms with Gasteiger partial charge in [0.15, 0.2) is 0 Å². The zero-order chi connectivity index (χ0) is 22.4. The molecular formula is C27H31N3O2. The first-order valence-electron chi connectivity index (χ1n) is 11.6. The Morgan fingerprint density at radius 2 is 1.88 bits per heavy atom. The van der Waals surface area contributed by atoms with Crippen molar-refractivity contribution in [3.8, 4) is 11.1 Å². The van der Waals surface area contributed by atoms with Crippen LogP contribution in [0.2, 0.25) is 0 Å². The maximum atomic E-state index is 13.4. The number of rotatable bonds is 5. The van der Waals surface area contributed by atoms with E-state index in [1.54, 1.807) is 0 Å². The smallest absolute Gasteiger partial charge is 0.254 e. The molecule has 5 heteroatoms. The maximum Gasteiger partial charge on any atom is 0.254 e. The molecule has 32 heavy (non-hydrogen) atoms. The van der Waals surface area contributed by atoms with Crippen molar-refractivity contribution in [1.29, 1.82) is 0 Å². The Hall–Kier alpha value is -2.92. The van der Waals surface area contributed by atoms with E-state index in [4.69, 9.17) is 0 Å². The predicted octanol–water partition coefficient (Wildman–Crippen LogP) is 4.41. The molecule has 1 saturated carbocycles. The molecule has 1 N–H and O–H groups in total. The van der Waals surface area contributed by atoms with E-state index >= 15 is 0 Å². The number of hydrogen-bond donors (Lipinski definition) is 1. The quantitative estimate of drug-likeness (QED) is 0.654. The third kappa shape index (κ3) is 3.55. The van der Waals surface area contributed by atoms with Crippen LogP contribution in [0.4, 0.5) is 0 Å². The molecule has 0 saturated heterocycles. The monoisotopic (exact) mass is 429 g/mol. The summed E-state index contributed by atoms with van der Waals surface area (Å²) in [5.74, 6) is 0.356. The highest BCUT2D eigenvalue weighted by atomic mass is 16.3. The van der Waals surface area contributed by atoms with E-state index < -0.39 is 0 Å². The van der Waals surface area contributed by atoms with Gasteiger partial charge in [-0.3, -0.25) is 9.48 Å². The third-order valence-electron chi connectivity index (χ3n) is 7.60. The first kappa shape index (κ1) is 21.0. The molecule has 0 spiro atoms. The van der Waals surface area contributed by atoms with Crippen molar-refractivity contribution in [2.45, 2.75) is 52.1 Å². The number of nitrogens with zero attached hydrogens (tertiary/aromatic N) is 3. The minimum atomic E-state index is 0.140. The number of aryl methyl sites for hydroxylation is 1. The zero-order valence-electron chi connectivity index (χ0n) is 19.1. The standard InChI is InChI=1S/C27H31N3O2/c1-17-18(2)25-15-30(26-6-4-5-21(26)16-31)27(32)24(25)12-22(17)11-19-7-9-20(10-8-19)23-13-28-29(3)14-23/h7-10,12-14,21,26,31H,4-6,11,15-16H2,1-3H3/t21-,26+/m1/s1. The van der Waals surface area contributed by atoms with E-state index in [-0.39, 0.29) is 24.5 Å². The van der Waals surface area contributed by atoms with Crippen LogP contribution in [0.25, 0.3) is 11.1 Å². The molecule has 0 unspecified atom stereocenters. The summed E-state index contributed by atoms with van der Waals surface area (Å²) in [7, 11) is 1.93. The van der Waals surface area contributed by atoms with Gasteiger partial charge in [-0.25, -0.2) is 0 Å². The molecule has 0 radical (unpaired) electrons. The molecule has 2 atom stereocenters. The largest absolute Gasteiger partial charge is 0.396 e. The average Bonchev–Trinajstić information content (AvgIpc) is 3.51. The number of aliphatic hydroxyl groups excluding tert-OH is 1. The molecule has 3 aromatic rings. The molecule has 0 bridgehead atoms. The Morgan fingerprint density at radius 1 is 1.09 bits per heavy atom. The van der Waals surface area contributed by atoms with E-state index in [0.29, 0.717) is 6.54 Å². The molecule has 166 valence electrons. The minimum absolute atomic E-state index is 0.140. The molecule has 2 aromatic carbocycles. The van der Waals surface area contributed by atoms with E-state index in [0.717, 1.165) is 42.4 Å². The lowest BCUT2D eigenvalue weighted by molar-refractivity contribution is 0.0612. The molecule has 2 heterocycles. The van der Waals surface area contributed by atoms with Gasteiger partial charge in [-0.2, -0.15) is 5.10 Å². The van der Waals surface area contributed by atoms with Crippen LogP contribution in [-0.2, 0) is 20.0 Å². The minimum Gasteiger partial charge on any atom is -0.396 e. The molecule has 1 aromatic heterocycles. The molecule has 1 aliphatic heterocycles. The Labute approximate surface area is 189 Å². The lowest BCUT2D eigenvalue weighted by atomic mass is 9.91. The van der Waals surface area contributed by atoms with Crippen molar-refractivity contribution < 1.29 is 9.90 Å². The highest BCUT2D eigenvalue weighted by molar-refractivity contribution is 5.99. The summed E-state index contributed by atoms with van der Waals surface area (Å²) in [5.41, 5.74) is 9.27. The Morgan fingerprint density at radius 3 is 2.56 bits per heavy atom. The van der Waals surface area contributed by atoms with Gasteiger partial charge in [0.25, 0.3) is 5.91 Å². The molecule has 1 aliphatic carbocycles. The number of aliphatic hydroxyl groups is 1. The summed E-state index contributed by atoms with van der Waals surface area (Å²) in [6.07, 6.45) is 7.81. The lowest BCUT2D eigenvalue weighted by Gasteiger charge is -2.28. The summed E-state index contributed by atoms with van der Waals surface area (Å²) in [6.45, 7) is 5.18. The van der Waals surface area contributed by atoms with Crippen molar-refractivity contribution in [2.24, 2.45) is 13.0 Å². The zero-order valence-corrected chi connectivity index (χ0v) is 19.1. The van der Waals surface area contributed by atoms with Crippen LogP contribution >= 0.6 is 0 Å². The number of aromatic nitrogens is 2. The van der Waals surface area contributed by atoms with Crippen LogP contribution in [0, 0.1) is 19.8 Å². The normalized spacial score (nSPS) is 20.2. The second-order valence-corrected chi connectivity index (χ2v) is 9.46. The van der Waals surface area contributed by atoms with Gasteiger partial charge >= 0.3 is 0 Å². The van der Waals surface area contributed by atoms with Crippen molar-refractivity contribution in [3.63, 3.8) is 0 Å². The maximum absolute atomic E-state index is 13.4. The molecule has 1 fully saturated rings. The summed E-state index contributed by atoms with van der Waals surface area (Å²) in [5, 5.41) is 14.0. The molecule has 1 amide bonds. The van der Waals surface area contributed by atoms with Crippen LogP contribution in [0.5, 0.6) is 0 Å². The van der Waals surface area contributed by atoms with Crippen LogP contribution in [0.15, 0.2) is 42.7 Å². The second kappa shape index (κ2) is 8.21. The summed E-state index contributed by atoms with van der Waals surface area (Å²) in [6, 6.07) is 10.9. The van der Waals surface area contributed by atoms with Crippen LogP contribution in [0.1, 0.15) is 57.4 Å². The number of amides is 1. The number of carbonyl (C=O) groups excluding carboxylic acids is 1. The summed E-state index contributed by atoms with van der Waals surface area (Å²) < 4.78 is 1.81. The molecule has 5 nitrogen and oxygen atoms in total. The summed E-state index contributed by atoms with van der Waals surface area (Å²) in [4.78, 5) is 15.4. The fourth-order valence-corrected chi connectivity index (χ4v) is 5.53. The van der Waals surface area contributed by atoms with Crippen LogP contribution < -0.4 is 0 Å². The number of benzene rings is 2. The first-order valence-corrected chi connectivity index (χ1v) is 11.6. The van der Waals surface area contributed by atoms with E-state index in [1.165, 1.54) is 27.8 Å². The SMILES string of the molecule is Cc1c(Cc2ccc(-c3cnn(C)c3)cc2)cc2c(c1C)CN([C@H]1CCC[C@@H]1CO)C2=O. The van der Waals surface area contributed by atoms with Crippen molar-refractivity contribution in [1.82, 2.24) is 14.7 Å². The van der Waals surface area contributed by atoms with Gasteiger partial charge < -0.3 is 10.0 Å². The number of hydrogen-bond acceptors (Lipinski definition) is 3. The fourth-order valence-electron chi connectivity index (χ4n) is 5.53. The van der Waals surface area contributed by atoms with E-state index in [1.807, 2.05) is 29.0 Å². The number of carbonyl (C=O) groups is 1. The third-order valence-corrected chi connectivity index (χ3v) is 7.60. The van der Waals surface area contributed by atoms with Gasteiger partial charge in [-0.15, -0.1) is 0 Å². The fraction of sp³-hybridized carbons (Fsp3) is 0.407. The van der Waals surface area contributed by atoms with Crippen molar-refractivity contribution >= 4 is 5.91 Å². The number of fused-ring (bicyclic) bond motifs is 1. The van der Waals surface area contributed by atoms with Crippen LogP contribution in [-0.4, -0.2) is 38.3 Å². The van der Waals surface area contributed by atoms with Crippen LogP contribution in [0.3, 0.4) is 0 Å². The van der Waals surface area contributed by atoms with Gasteiger partial charge in [-0.05, 0) is 72.6 Å². The lowest BCUT2D eigenvalue weighted by Crippen LogP contribution is -2.39. The van der Waals surface area contributed by atoms with Gasteiger partial charge in [0.1, 0.15) is 0 Å². The van der Waals surface area contributed by atoms with Crippen molar-refractivity contribution in [2.75, 3.05) is 6.61 Å². The van der Waals surface area contributed by atoms with E-state index in [9.17, 15) is 9.90 Å². The van der Waals surface area contributed by atoms with Gasteiger partial charge in [0, 0.05) is 49.5 Å². The molecule has 2 aliphatic rings. The molecule has 5 rings (SSSR count). The van der Waals surface area contributed by atoms with Gasteiger partial charge in [-0.1, -0.05) is 30.7 Å². The average molecular weight is 430 g/mol. The summed E-state index contributed by atoms with van der Waals surface area (Å²) >= 11 is 0. The van der Waals surface area contributed by atoms with E-state index in [2.05, 4.69) is 49.3 Å². The van der Waals surface area contributed by atoms with Gasteiger partial charge in [0.2, 0.25) is 0 Å². The first-order chi connectivity index (χ1) is 15.5. The highest BCUT2D eigenvalue weighted by Gasteiger charge is 2.39. The second-order valence-electron chi connectivity index (χ2n) is 9.46. The molecular weight excluding hydrogens is 398 g/mol. The Kier molecular flexibility index (Phi) is 5.38. The highest BCUT2D eigenvalue weighted by Crippen LogP contribution is 2.38. The Bertz CT molecular complexity index is 1160. The predicted molar refractivity (Wildman–Crippen MR) is 125 cm³/mol. The topological polar surface area (TPSA) is 58.4 Å².